The topological polar surface area (TPSA) is 79.7 Å². The lowest BCUT2D eigenvalue weighted by molar-refractivity contribution is 0.420. The summed E-state index contributed by atoms with van der Waals surface area (Å²) in [6, 6.07) is 17.6. The summed E-state index contributed by atoms with van der Waals surface area (Å²) in [5.74, 6) is 0.629. The molecular weight excluding hydrogens is 450 g/mol. The lowest BCUT2D eigenvalue weighted by Gasteiger charge is -2.08. The monoisotopic (exact) mass is 465 g/mol. The summed E-state index contributed by atoms with van der Waals surface area (Å²) in [6.45, 7) is 0. The van der Waals surface area contributed by atoms with Crippen LogP contribution < -0.4 is 0 Å². The van der Waals surface area contributed by atoms with Crippen molar-refractivity contribution in [3.05, 3.63) is 77.0 Å². The molecule has 0 spiro atoms. The molecule has 4 rings (SSSR count). The Morgan fingerprint density at radius 2 is 1.97 bits per heavy atom. The molecule has 0 amide bonds. The lowest BCUT2D eigenvalue weighted by Crippen LogP contribution is -2.02. The third kappa shape index (κ3) is 3.79. The van der Waals surface area contributed by atoms with E-state index in [2.05, 4.69) is 32.0 Å². The van der Waals surface area contributed by atoms with Gasteiger partial charge in [0, 0.05) is 29.6 Å². The Bertz CT molecular complexity index is 1250. The molecule has 0 aliphatic carbocycles. The van der Waals surface area contributed by atoms with E-state index < -0.39 is 0 Å². The highest BCUT2D eigenvalue weighted by Crippen LogP contribution is 2.27. The minimum Gasteiger partial charge on any atom is -0.510 e. The first-order valence-electron chi connectivity index (χ1n) is 8.74. The minimum absolute atomic E-state index is 0.0266. The maximum atomic E-state index is 10.6. The Morgan fingerprint density at radius 1 is 1.21 bits per heavy atom. The number of thioether (sulfide) groups is 1. The Labute approximate surface area is 180 Å². The maximum Gasteiger partial charge on any atom is 0.173 e. The van der Waals surface area contributed by atoms with Gasteiger partial charge in [-0.3, -0.25) is 4.57 Å². The fourth-order valence-electron chi connectivity index (χ4n) is 3.01. The number of halogens is 1. The van der Waals surface area contributed by atoms with Gasteiger partial charge in [-0.2, -0.15) is 5.26 Å². The fraction of sp³-hybridized carbons (Fsp3) is 0.0952. The average Bonchev–Trinajstić information content (AvgIpc) is 3.33. The molecule has 2 heterocycles. The summed E-state index contributed by atoms with van der Waals surface area (Å²) in [6.07, 6.45) is 3.57. The van der Waals surface area contributed by atoms with Crippen LogP contribution >= 0.6 is 27.7 Å². The van der Waals surface area contributed by atoms with E-state index in [1.165, 1.54) is 11.8 Å². The van der Waals surface area contributed by atoms with Crippen LogP contribution in [0.15, 0.2) is 76.3 Å². The van der Waals surface area contributed by atoms with E-state index in [0.717, 1.165) is 26.3 Å². The van der Waals surface area contributed by atoms with E-state index >= 15 is 0 Å². The zero-order valence-electron chi connectivity index (χ0n) is 15.5. The number of rotatable bonds is 5. The van der Waals surface area contributed by atoms with Crippen LogP contribution in [0, 0.1) is 11.3 Å². The van der Waals surface area contributed by atoms with Gasteiger partial charge in [0.1, 0.15) is 17.4 Å². The van der Waals surface area contributed by atoms with Crippen LogP contribution in [-0.4, -0.2) is 30.0 Å². The minimum atomic E-state index is -0.0266. The first-order valence-corrected chi connectivity index (χ1v) is 10.5. The maximum absolute atomic E-state index is 10.6. The molecule has 0 unspecified atom stereocenters. The first-order chi connectivity index (χ1) is 14.1. The molecule has 0 saturated carbocycles. The molecular formula is C21H16BrN5OS. The molecule has 0 atom stereocenters. The molecule has 29 heavy (non-hydrogen) atoms. The number of nitrogens with zero attached hydrogens (tertiary/aromatic N) is 5. The third-order valence-electron chi connectivity index (χ3n) is 4.46. The molecule has 8 heteroatoms. The summed E-state index contributed by atoms with van der Waals surface area (Å²) in [7, 11) is 1.84. The van der Waals surface area contributed by atoms with Crippen molar-refractivity contribution >= 4 is 44.3 Å². The van der Waals surface area contributed by atoms with Crippen molar-refractivity contribution in [2.24, 2.45) is 7.05 Å². The summed E-state index contributed by atoms with van der Waals surface area (Å²) in [5, 5.41) is 21.0. The second-order valence-electron chi connectivity index (χ2n) is 6.26. The van der Waals surface area contributed by atoms with E-state index in [1.54, 1.807) is 6.20 Å². The van der Waals surface area contributed by atoms with Crippen molar-refractivity contribution < 1.29 is 5.11 Å². The van der Waals surface area contributed by atoms with E-state index in [1.807, 2.05) is 70.9 Å². The van der Waals surface area contributed by atoms with Gasteiger partial charge in [-0.15, -0.1) is 0 Å². The van der Waals surface area contributed by atoms with Crippen LogP contribution in [0.25, 0.3) is 22.3 Å². The zero-order valence-corrected chi connectivity index (χ0v) is 17.9. The van der Waals surface area contributed by atoms with Gasteiger partial charge in [0.05, 0.1) is 16.8 Å². The normalized spacial score (nSPS) is 12.0. The Balaban J connectivity index is 1.61. The Kier molecular flexibility index (Phi) is 5.43. The number of benzene rings is 2. The number of nitriles is 1. The average molecular weight is 466 g/mol. The quantitative estimate of drug-likeness (QED) is 0.251. The van der Waals surface area contributed by atoms with Crippen LogP contribution in [0.1, 0.15) is 5.82 Å². The van der Waals surface area contributed by atoms with Crippen LogP contribution in [0.2, 0.25) is 0 Å². The molecule has 0 aliphatic heterocycles. The number of aryl methyl sites for hydroxylation is 1. The summed E-state index contributed by atoms with van der Waals surface area (Å²) >= 11 is 4.79. The van der Waals surface area contributed by atoms with Gasteiger partial charge in [-0.1, -0.05) is 39.8 Å². The number of hydrogen-bond acceptors (Lipinski definition) is 5. The third-order valence-corrected chi connectivity index (χ3v) is 5.97. The van der Waals surface area contributed by atoms with Gasteiger partial charge in [0.2, 0.25) is 0 Å². The number of fused-ring (bicyclic) bond motifs is 1. The van der Waals surface area contributed by atoms with E-state index in [9.17, 15) is 10.4 Å². The number of aromatic nitrogens is 4. The SMILES string of the molecule is Cn1c(/C(C#N)=C(\O)CSc2nccn2-c2ccc(Br)cc2)nc2ccccc21. The van der Waals surface area contributed by atoms with Gasteiger partial charge in [0.15, 0.2) is 11.0 Å². The number of para-hydroxylation sites is 2. The highest BCUT2D eigenvalue weighted by molar-refractivity contribution is 9.10. The highest BCUT2D eigenvalue weighted by Gasteiger charge is 2.17. The molecule has 6 nitrogen and oxygen atoms in total. The largest absolute Gasteiger partial charge is 0.510 e. The molecule has 0 bridgehead atoms. The van der Waals surface area contributed by atoms with Gasteiger partial charge < -0.3 is 9.67 Å². The number of aliphatic hydroxyl groups is 1. The first kappa shape index (κ1) is 19.3. The van der Waals surface area contributed by atoms with Gasteiger partial charge >= 0.3 is 0 Å². The van der Waals surface area contributed by atoms with Crippen LogP contribution in [0.3, 0.4) is 0 Å². The predicted molar refractivity (Wildman–Crippen MR) is 118 cm³/mol. The van der Waals surface area contributed by atoms with Gasteiger partial charge in [-0.05, 0) is 36.4 Å². The second kappa shape index (κ2) is 8.15. The summed E-state index contributed by atoms with van der Waals surface area (Å²) < 4.78 is 4.75. The number of allylic oxidation sites excluding steroid dienone is 1. The lowest BCUT2D eigenvalue weighted by atomic mass is 10.2. The molecule has 0 fully saturated rings. The van der Waals surface area contributed by atoms with Crippen LogP contribution in [0.5, 0.6) is 0 Å². The molecule has 2 aromatic heterocycles. The highest BCUT2D eigenvalue weighted by atomic mass is 79.9. The van der Waals surface area contributed by atoms with E-state index in [4.69, 9.17) is 0 Å². The molecule has 144 valence electrons. The van der Waals surface area contributed by atoms with Crippen molar-refractivity contribution in [3.8, 4) is 11.8 Å². The summed E-state index contributed by atoms with van der Waals surface area (Å²) in [4.78, 5) is 8.88. The number of imidazole rings is 2. The molecule has 0 radical (unpaired) electrons. The van der Waals surface area contributed by atoms with Crippen molar-refractivity contribution in [2.75, 3.05) is 5.75 Å². The van der Waals surface area contributed by atoms with Crippen molar-refractivity contribution in [2.45, 2.75) is 5.16 Å². The number of hydrogen-bond donors (Lipinski definition) is 1. The van der Waals surface area contributed by atoms with Gasteiger partial charge in [0.25, 0.3) is 0 Å². The van der Waals surface area contributed by atoms with Crippen molar-refractivity contribution in [3.63, 3.8) is 0 Å². The number of aliphatic hydroxyl groups excluding tert-OH is 1. The molecule has 4 aromatic rings. The fourth-order valence-corrected chi connectivity index (χ4v) is 4.13. The van der Waals surface area contributed by atoms with Gasteiger partial charge in [-0.25, -0.2) is 9.97 Å². The molecule has 0 aliphatic rings. The Hall–Kier alpha value is -3.02. The standard InChI is InChI=1S/C21H16BrN5OS/c1-26-18-5-3-2-4-17(18)25-20(26)16(12-23)19(28)13-29-21-24-10-11-27(21)15-8-6-14(22)7-9-15/h2-11,28H,13H2,1H3/b19-16-. The zero-order chi connectivity index (χ0) is 20.4. The smallest absolute Gasteiger partial charge is 0.173 e. The summed E-state index contributed by atoms with van der Waals surface area (Å²) in [5.41, 5.74) is 2.82. The van der Waals surface area contributed by atoms with Crippen molar-refractivity contribution in [1.82, 2.24) is 19.1 Å². The van der Waals surface area contributed by atoms with Crippen LogP contribution in [-0.2, 0) is 7.05 Å². The molecule has 0 saturated heterocycles. The van der Waals surface area contributed by atoms with Crippen molar-refractivity contribution in [1.29, 1.82) is 5.26 Å². The molecule has 1 N–H and O–H groups in total. The van der Waals surface area contributed by atoms with E-state index in [-0.39, 0.29) is 17.1 Å². The molecule has 2 aromatic carbocycles. The Morgan fingerprint density at radius 3 is 2.69 bits per heavy atom. The second-order valence-corrected chi connectivity index (χ2v) is 8.12. The van der Waals surface area contributed by atoms with Crippen LogP contribution in [0.4, 0.5) is 0 Å². The van der Waals surface area contributed by atoms with E-state index in [0.29, 0.717) is 5.82 Å². The predicted octanol–water partition coefficient (Wildman–Crippen LogP) is 5.11.